The van der Waals surface area contributed by atoms with E-state index < -0.39 is 22.2 Å². The average molecular weight is 303 g/mol. The molecule has 1 amide bonds. The zero-order valence-corrected chi connectivity index (χ0v) is 10.4. The smallest absolute Gasteiger partial charge is 0.355 e. The minimum absolute atomic E-state index is 0.110. The van der Waals surface area contributed by atoms with Gasteiger partial charge in [-0.1, -0.05) is 32.1 Å². The first kappa shape index (κ1) is 15.3. The summed E-state index contributed by atoms with van der Waals surface area (Å²) in [7, 11) is -10.0. The van der Waals surface area contributed by atoms with Crippen molar-refractivity contribution in [3.63, 3.8) is 0 Å². The van der Waals surface area contributed by atoms with Crippen LogP contribution in [-0.4, -0.2) is 5.91 Å². The van der Waals surface area contributed by atoms with Crippen LogP contribution in [-0.2, 0) is 4.79 Å². The average Bonchev–Trinajstić information content (AvgIpc) is 2.12. The third kappa shape index (κ3) is 6.09. The topological polar surface area (TPSA) is 38.3 Å². The van der Waals surface area contributed by atoms with Crippen molar-refractivity contribution in [2.24, 2.45) is 0 Å². The summed E-state index contributed by atoms with van der Waals surface area (Å²) in [5.41, 5.74) is -0.00798. The number of halogens is 5. The Balaban J connectivity index is 2.97. The highest BCUT2D eigenvalue weighted by Crippen LogP contribution is 2.97. The molecule has 0 atom stereocenters. The second kappa shape index (κ2) is 3.86. The molecule has 0 aliphatic rings. The number of hydrogen-bond acceptors (Lipinski definition) is 2. The molecule has 0 heterocycles. The van der Waals surface area contributed by atoms with E-state index in [4.69, 9.17) is 0 Å². The van der Waals surface area contributed by atoms with E-state index >= 15 is 0 Å². The second-order valence-corrected chi connectivity index (χ2v) is 5.71. The third-order valence-corrected chi connectivity index (χ3v) is 2.24. The molecule has 9 heteroatoms. The van der Waals surface area contributed by atoms with Crippen molar-refractivity contribution in [3.05, 3.63) is 36.4 Å². The molecule has 0 bridgehead atoms. The summed E-state index contributed by atoms with van der Waals surface area (Å²) in [6.07, 6.45) is 0. The van der Waals surface area contributed by atoms with Crippen LogP contribution in [0.5, 0.6) is 5.75 Å². The Morgan fingerprint density at radius 2 is 1.84 bits per heavy atom. The summed E-state index contributed by atoms with van der Waals surface area (Å²) >= 11 is 0. The molecule has 1 aromatic carbocycles. The SMILES string of the molecule is C=C(C)C(=O)Nc1cccc(OS(F)(F)(F)(F)F)c1. The summed E-state index contributed by atoms with van der Waals surface area (Å²) in [4.78, 5) is 11.2. The monoisotopic (exact) mass is 303 g/mol. The molecule has 0 radical (unpaired) electrons. The van der Waals surface area contributed by atoms with Gasteiger partial charge < -0.3 is 9.50 Å². The molecule has 0 spiro atoms. The van der Waals surface area contributed by atoms with Crippen LogP contribution < -0.4 is 9.50 Å². The van der Waals surface area contributed by atoms with Crippen LogP contribution in [0.1, 0.15) is 6.92 Å². The Labute approximate surface area is 106 Å². The van der Waals surface area contributed by atoms with Gasteiger partial charge in [0.1, 0.15) is 5.75 Å². The minimum Gasteiger partial charge on any atom is -0.355 e. The number of rotatable bonds is 4. The third-order valence-electron chi connectivity index (χ3n) is 1.73. The van der Waals surface area contributed by atoms with Gasteiger partial charge >= 0.3 is 10.5 Å². The van der Waals surface area contributed by atoms with Gasteiger partial charge in [-0.05, 0) is 19.1 Å². The van der Waals surface area contributed by atoms with Crippen molar-refractivity contribution < 1.29 is 28.4 Å². The lowest BCUT2D eigenvalue weighted by molar-refractivity contribution is -0.112. The molecule has 0 saturated heterocycles. The van der Waals surface area contributed by atoms with E-state index in [1.807, 2.05) is 0 Å². The minimum atomic E-state index is -10.0. The lowest BCUT2D eigenvalue weighted by Crippen LogP contribution is -2.15. The van der Waals surface area contributed by atoms with E-state index in [0.717, 1.165) is 6.07 Å². The van der Waals surface area contributed by atoms with E-state index in [1.165, 1.54) is 13.0 Å². The Hall–Kier alpha value is -1.77. The van der Waals surface area contributed by atoms with Crippen molar-refractivity contribution in [2.45, 2.75) is 6.92 Å². The van der Waals surface area contributed by atoms with Crippen LogP contribution in [0.2, 0.25) is 0 Å². The van der Waals surface area contributed by atoms with Gasteiger partial charge in [0.15, 0.2) is 0 Å². The van der Waals surface area contributed by atoms with E-state index in [9.17, 15) is 24.2 Å². The molecule has 1 N–H and O–H groups in total. The summed E-state index contributed by atoms with van der Waals surface area (Å²) in [5, 5.41) is 2.17. The summed E-state index contributed by atoms with van der Waals surface area (Å²) in [5.74, 6) is -1.76. The van der Waals surface area contributed by atoms with Gasteiger partial charge in [0.05, 0.1) is 0 Å². The first-order chi connectivity index (χ1) is 8.25. The summed E-state index contributed by atoms with van der Waals surface area (Å²) in [6, 6.07) is 3.60. The zero-order chi connectivity index (χ0) is 15.0. The van der Waals surface area contributed by atoms with Crippen molar-refractivity contribution in [2.75, 3.05) is 5.32 Å². The Kier molecular flexibility index (Phi) is 3.11. The maximum atomic E-state index is 12.1. The molecule has 0 unspecified atom stereocenters. The fraction of sp³-hybridized carbons (Fsp3) is 0.100. The van der Waals surface area contributed by atoms with Crippen molar-refractivity contribution in [3.8, 4) is 5.75 Å². The second-order valence-electron chi connectivity index (χ2n) is 3.74. The van der Waals surface area contributed by atoms with Crippen LogP contribution in [0.4, 0.5) is 25.1 Å². The van der Waals surface area contributed by atoms with Crippen molar-refractivity contribution >= 4 is 22.1 Å². The highest BCUT2D eigenvalue weighted by molar-refractivity contribution is 8.42. The van der Waals surface area contributed by atoms with E-state index in [-0.39, 0.29) is 11.3 Å². The molecule has 19 heavy (non-hydrogen) atoms. The molecule has 0 aromatic heterocycles. The predicted molar refractivity (Wildman–Crippen MR) is 63.6 cm³/mol. The maximum absolute atomic E-state index is 12.1. The Morgan fingerprint density at radius 1 is 1.26 bits per heavy atom. The van der Waals surface area contributed by atoms with Gasteiger partial charge in [0, 0.05) is 17.3 Å². The quantitative estimate of drug-likeness (QED) is 0.641. The highest BCUT2D eigenvalue weighted by atomic mass is 32.5. The van der Waals surface area contributed by atoms with Gasteiger partial charge in [-0.3, -0.25) is 4.79 Å². The molecule has 0 aliphatic heterocycles. The summed E-state index contributed by atoms with van der Waals surface area (Å²) < 4.78 is 63.4. The first-order valence-corrected chi connectivity index (χ1v) is 6.65. The Bertz CT molecular complexity index is 540. The van der Waals surface area contributed by atoms with E-state index in [1.54, 1.807) is 0 Å². The van der Waals surface area contributed by atoms with Crippen LogP contribution in [0.25, 0.3) is 0 Å². The number of carbonyl (C=O) groups is 1. The maximum Gasteiger partial charge on any atom is 0.435 e. The number of nitrogens with one attached hydrogen (secondary N) is 1. The van der Waals surface area contributed by atoms with Gasteiger partial charge in [-0.2, -0.15) is 0 Å². The number of benzene rings is 1. The number of amides is 1. The largest absolute Gasteiger partial charge is 0.435 e. The molecule has 1 aromatic rings. The van der Waals surface area contributed by atoms with Crippen LogP contribution >= 0.6 is 10.5 Å². The molecule has 3 nitrogen and oxygen atoms in total. The van der Waals surface area contributed by atoms with Gasteiger partial charge in [-0.25, -0.2) is 0 Å². The van der Waals surface area contributed by atoms with E-state index in [2.05, 4.69) is 16.1 Å². The van der Waals surface area contributed by atoms with Crippen LogP contribution in [0.15, 0.2) is 36.4 Å². The predicted octanol–water partition coefficient (Wildman–Crippen LogP) is 4.79. The highest BCUT2D eigenvalue weighted by Gasteiger charge is 2.67. The molecule has 0 aliphatic carbocycles. The van der Waals surface area contributed by atoms with Crippen molar-refractivity contribution in [1.29, 1.82) is 0 Å². The molecule has 108 valence electrons. The molecular weight excluding hydrogens is 293 g/mol. The lowest BCUT2D eigenvalue weighted by Gasteiger charge is -2.39. The lowest BCUT2D eigenvalue weighted by atomic mass is 10.2. The molecule has 0 fully saturated rings. The molecule has 0 saturated carbocycles. The van der Waals surface area contributed by atoms with E-state index in [0.29, 0.717) is 12.1 Å². The Morgan fingerprint density at radius 3 is 2.32 bits per heavy atom. The fourth-order valence-corrected chi connectivity index (χ4v) is 1.51. The van der Waals surface area contributed by atoms with Crippen molar-refractivity contribution in [1.82, 2.24) is 0 Å². The standard InChI is InChI=1S/C10H10F5NO2S/c1-7(2)10(17)16-8-4-3-5-9(6-8)18-19(11,12,13,14)15/h3-6H,1H2,2H3,(H,16,17). The molecular formula is C10H10F5NO2S. The van der Waals surface area contributed by atoms with Crippen LogP contribution in [0, 0.1) is 0 Å². The summed E-state index contributed by atoms with van der Waals surface area (Å²) in [6.45, 7) is 4.70. The fourth-order valence-electron chi connectivity index (χ4n) is 1.05. The van der Waals surface area contributed by atoms with Gasteiger partial charge in [-0.15, -0.1) is 0 Å². The number of anilines is 1. The molecule has 1 rings (SSSR count). The zero-order valence-electron chi connectivity index (χ0n) is 9.63. The van der Waals surface area contributed by atoms with Gasteiger partial charge in [0.2, 0.25) is 0 Å². The van der Waals surface area contributed by atoms with Gasteiger partial charge in [0.25, 0.3) is 5.91 Å². The number of hydrogen-bond donors (Lipinski definition) is 1. The number of carbonyl (C=O) groups excluding carboxylic acids is 1. The first-order valence-electron chi connectivity index (χ1n) is 4.77. The normalized spacial score (nSPS) is 15.1. The van der Waals surface area contributed by atoms with Crippen LogP contribution in [0.3, 0.4) is 0 Å².